The fourth-order valence-corrected chi connectivity index (χ4v) is 2.48. The van der Waals surface area contributed by atoms with Crippen molar-refractivity contribution in [3.05, 3.63) is 48.4 Å². The van der Waals surface area contributed by atoms with Crippen molar-refractivity contribution in [2.75, 3.05) is 20.0 Å². The van der Waals surface area contributed by atoms with Gasteiger partial charge in [0.15, 0.2) is 11.5 Å². The lowest BCUT2D eigenvalue weighted by Crippen LogP contribution is -2.01. The molecule has 7 heteroatoms. The molecule has 0 radical (unpaired) electrons. The van der Waals surface area contributed by atoms with Gasteiger partial charge in [0.1, 0.15) is 23.1 Å². The van der Waals surface area contributed by atoms with E-state index in [-0.39, 0.29) is 5.82 Å². The summed E-state index contributed by atoms with van der Waals surface area (Å²) in [6.07, 6.45) is 4.74. The number of benzene rings is 1. The maximum Gasteiger partial charge on any atom is 0.161 e. The van der Waals surface area contributed by atoms with Gasteiger partial charge >= 0.3 is 0 Å². The summed E-state index contributed by atoms with van der Waals surface area (Å²) in [6, 6.07) is 9.26. The number of ether oxygens (including phenoxy) is 2. The molecule has 2 heterocycles. The van der Waals surface area contributed by atoms with Gasteiger partial charge in [0.2, 0.25) is 0 Å². The minimum Gasteiger partial charge on any atom is -0.493 e. The molecule has 0 aliphatic rings. The summed E-state index contributed by atoms with van der Waals surface area (Å²) >= 11 is 0. The lowest BCUT2D eigenvalue weighted by atomic mass is 9.99. The van der Waals surface area contributed by atoms with E-state index in [9.17, 15) is 5.26 Å². The average molecular weight is 333 g/mol. The molecular formula is C18H15N5O2. The van der Waals surface area contributed by atoms with Crippen LogP contribution in [-0.2, 0) is 0 Å². The number of hydrogen-bond acceptors (Lipinski definition) is 7. The standard InChI is InChI=1S/C18H15N5O2/c1-24-16-4-3-11(7-17(16)25-2)12-8-14(15-10-21-5-6-22-15)23-18(20)13(12)9-19/h3-8,10H,1-2H3,(H2,20,23). The summed E-state index contributed by atoms with van der Waals surface area (Å²) in [5.41, 5.74) is 8.79. The van der Waals surface area contributed by atoms with Crippen LogP contribution in [0.3, 0.4) is 0 Å². The highest BCUT2D eigenvalue weighted by Crippen LogP contribution is 2.36. The van der Waals surface area contributed by atoms with Crippen molar-refractivity contribution >= 4 is 5.82 Å². The third kappa shape index (κ3) is 3.05. The topological polar surface area (TPSA) is 107 Å². The molecule has 0 atom stereocenters. The first-order chi connectivity index (χ1) is 12.2. The molecule has 3 aromatic rings. The maximum absolute atomic E-state index is 9.50. The molecule has 7 nitrogen and oxygen atoms in total. The van der Waals surface area contributed by atoms with Gasteiger partial charge in [-0.25, -0.2) is 4.98 Å². The van der Waals surface area contributed by atoms with Crippen molar-refractivity contribution in [2.24, 2.45) is 0 Å². The number of anilines is 1. The van der Waals surface area contributed by atoms with E-state index in [1.54, 1.807) is 51.0 Å². The van der Waals surface area contributed by atoms with E-state index < -0.39 is 0 Å². The molecule has 0 spiro atoms. The second-order valence-electron chi connectivity index (χ2n) is 5.09. The van der Waals surface area contributed by atoms with E-state index in [1.807, 2.05) is 6.07 Å². The number of nitriles is 1. The first kappa shape index (κ1) is 16.2. The van der Waals surface area contributed by atoms with Crippen LogP contribution in [0.25, 0.3) is 22.5 Å². The second kappa shape index (κ2) is 6.84. The van der Waals surface area contributed by atoms with Gasteiger partial charge in [-0.05, 0) is 23.8 Å². The van der Waals surface area contributed by atoms with Gasteiger partial charge in [-0.15, -0.1) is 0 Å². The van der Waals surface area contributed by atoms with E-state index in [0.29, 0.717) is 34.0 Å². The molecule has 0 aliphatic carbocycles. The Morgan fingerprint density at radius 2 is 1.84 bits per heavy atom. The van der Waals surface area contributed by atoms with Gasteiger partial charge < -0.3 is 15.2 Å². The van der Waals surface area contributed by atoms with Crippen LogP contribution in [-0.4, -0.2) is 29.2 Å². The minimum atomic E-state index is 0.135. The lowest BCUT2D eigenvalue weighted by molar-refractivity contribution is 0.355. The largest absolute Gasteiger partial charge is 0.493 e. The lowest BCUT2D eigenvalue weighted by Gasteiger charge is -2.12. The molecule has 0 saturated carbocycles. The average Bonchev–Trinajstić information content (AvgIpc) is 2.67. The van der Waals surface area contributed by atoms with Crippen LogP contribution in [0, 0.1) is 11.3 Å². The fourth-order valence-electron chi connectivity index (χ4n) is 2.48. The fraction of sp³-hybridized carbons (Fsp3) is 0.111. The quantitative estimate of drug-likeness (QED) is 0.782. The van der Waals surface area contributed by atoms with Crippen LogP contribution in [0.15, 0.2) is 42.9 Å². The Hall–Kier alpha value is -3.66. The zero-order valence-corrected chi connectivity index (χ0v) is 13.7. The molecule has 0 saturated heterocycles. The van der Waals surface area contributed by atoms with Crippen LogP contribution in [0.2, 0.25) is 0 Å². The number of nitrogen functional groups attached to an aromatic ring is 1. The van der Waals surface area contributed by atoms with Crippen LogP contribution in [0.5, 0.6) is 11.5 Å². The minimum absolute atomic E-state index is 0.135. The number of methoxy groups -OCH3 is 2. The van der Waals surface area contributed by atoms with Gasteiger partial charge in [-0.3, -0.25) is 9.97 Å². The van der Waals surface area contributed by atoms with Crippen molar-refractivity contribution in [1.82, 2.24) is 15.0 Å². The van der Waals surface area contributed by atoms with Crippen molar-refractivity contribution < 1.29 is 9.47 Å². The molecule has 2 aromatic heterocycles. The van der Waals surface area contributed by atoms with Crippen LogP contribution in [0.1, 0.15) is 5.56 Å². The molecule has 0 bridgehead atoms. The molecule has 0 aliphatic heterocycles. The van der Waals surface area contributed by atoms with Crippen molar-refractivity contribution in [3.63, 3.8) is 0 Å². The highest BCUT2D eigenvalue weighted by atomic mass is 16.5. The zero-order valence-electron chi connectivity index (χ0n) is 13.7. The zero-order chi connectivity index (χ0) is 17.8. The monoisotopic (exact) mass is 333 g/mol. The number of pyridine rings is 1. The van der Waals surface area contributed by atoms with E-state index in [2.05, 4.69) is 21.0 Å². The Morgan fingerprint density at radius 1 is 1.04 bits per heavy atom. The first-order valence-electron chi connectivity index (χ1n) is 7.37. The number of rotatable bonds is 4. The van der Waals surface area contributed by atoms with Crippen LogP contribution in [0.4, 0.5) is 5.82 Å². The van der Waals surface area contributed by atoms with Gasteiger partial charge in [0, 0.05) is 18.0 Å². The summed E-state index contributed by atoms with van der Waals surface area (Å²) in [4.78, 5) is 12.5. The van der Waals surface area contributed by atoms with Crippen molar-refractivity contribution in [3.8, 4) is 40.1 Å². The normalized spacial score (nSPS) is 10.1. The Balaban J connectivity index is 2.21. The summed E-state index contributed by atoms with van der Waals surface area (Å²) in [5.74, 6) is 1.29. The summed E-state index contributed by atoms with van der Waals surface area (Å²) < 4.78 is 10.6. The van der Waals surface area contributed by atoms with Crippen molar-refractivity contribution in [1.29, 1.82) is 5.26 Å². The Morgan fingerprint density at radius 3 is 2.48 bits per heavy atom. The van der Waals surface area contributed by atoms with E-state index in [1.165, 1.54) is 0 Å². The molecule has 1 aromatic carbocycles. The van der Waals surface area contributed by atoms with Crippen molar-refractivity contribution in [2.45, 2.75) is 0 Å². The Kier molecular flexibility index (Phi) is 4.44. The summed E-state index contributed by atoms with van der Waals surface area (Å²) in [6.45, 7) is 0. The molecule has 2 N–H and O–H groups in total. The van der Waals surface area contributed by atoms with E-state index in [4.69, 9.17) is 15.2 Å². The predicted molar refractivity (Wildman–Crippen MR) is 92.9 cm³/mol. The van der Waals surface area contributed by atoms with Gasteiger partial charge in [0.05, 0.1) is 26.1 Å². The molecule has 3 rings (SSSR count). The van der Waals surface area contributed by atoms with Gasteiger partial charge in [-0.2, -0.15) is 5.26 Å². The first-order valence-corrected chi connectivity index (χ1v) is 7.37. The number of nitrogens with two attached hydrogens (primary N) is 1. The third-order valence-electron chi connectivity index (χ3n) is 3.68. The van der Waals surface area contributed by atoms with Crippen LogP contribution < -0.4 is 15.2 Å². The van der Waals surface area contributed by atoms with Crippen LogP contribution >= 0.6 is 0 Å². The second-order valence-corrected chi connectivity index (χ2v) is 5.09. The molecule has 25 heavy (non-hydrogen) atoms. The molecular weight excluding hydrogens is 318 g/mol. The molecule has 0 unspecified atom stereocenters. The van der Waals surface area contributed by atoms with Gasteiger partial charge in [0.25, 0.3) is 0 Å². The predicted octanol–water partition coefficient (Wildman–Crippen LogP) is 2.68. The van der Waals surface area contributed by atoms with Gasteiger partial charge in [-0.1, -0.05) is 6.07 Å². The summed E-state index contributed by atoms with van der Waals surface area (Å²) in [7, 11) is 3.12. The van der Waals surface area contributed by atoms with E-state index in [0.717, 1.165) is 5.56 Å². The highest BCUT2D eigenvalue weighted by Gasteiger charge is 2.16. The molecule has 0 amide bonds. The Labute approximate surface area is 144 Å². The maximum atomic E-state index is 9.50. The molecule has 124 valence electrons. The SMILES string of the molecule is COc1ccc(-c2cc(-c3cnccn3)nc(N)c2C#N)cc1OC. The Bertz CT molecular complexity index is 952. The number of nitrogens with zero attached hydrogens (tertiary/aromatic N) is 4. The number of aromatic nitrogens is 3. The smallest absolute Gasteiger partial charge is 0.161 e. The van der Waals surface area contributed by atoms with E-state index >= 15 is 0 Å². The third-order valence-corrected chi connectivity index (χ3v) is 3.68. The summed E-state index contributed by atoms with van der Waals surface area (Å²) in [5, 5.41) is 9.50. The molecule has 0 fully saturated rings. The highest BCUT2D eigenvalue weighted by molar-refractivity contribution is 5.80. The number of hydrogen-bond donors (Lipinski definition) is 1.